The zero-order chi connectivity index (χ0) is 24.3. The largest absolute Gasteiger partial charge is 0.508 e. The SMILES string of the molecule is C[C@H](Cc1cccc(CCN(C)CCc2ccccc2)c1)NCC(O)c1ccc(O)c(CO)c1. The average Bonchev–Trinajstić information content (AvgIpc) is 2.86. The Bertz CT molecular complexity index is 1010. The summed E-state index contributed by atoms with van der Waals surface area (Å²) in [5, 5.41) is 32.9. The summed E-state index contributed by atoms with van der Waals surface area (Å²) in [5.41, 5.74) is 5.11. The highest BCUT2D eigenvalue weighted by Crippen LogP contribution is 2.22. The summed E-state index contributed by atoms with van der Waals surface area (Å²) in [6.07, 6.45) is 2.26. The normalized spacial score (nSPS) is 13.2. The molecule has 3 aromatic carbocycles. The van der Waals surface area contributed by atoms with Crippen LogP contribution in [-0.4, -0.2) is 52.9 Å². The number of likely N-dealkylation sites (N-methyl/N-ethyl adjacent to an activating group) is 1. The lowest BCUT2D eigenvalue weighted by Crippen LogP contribution is -2.32. The Labute approximate surface area is 203 Å². The number of aromatic hydroxyl groups is 1. The van der Waals surface area contributed by atoms with E-state index in [0.29, 0.717) is 17.7 Å². The lowest BCUT2D eigenvalue weighted by Gasteiger charge is -2.19. The average molecular weight is 463 g/mol. The van der Waals surface area contributed by atoms with E-state index in [1.54, 1.807) is 12.1 Å². The molecule has 2 atom stereocenters. The fourth-order valence-electron chi connectivity index (χ4n) is 4.10. The maximum atomic E-state index is 10.5. The summed E-state index contributed by atoms with van der Waals surface area (Å²) in [7, 11) is 2.18. The highest BCUT2D eigenvalue weighted by atomic mass is 16.3. The number of nitrogens with one attached hydrogen (secondary N) is 1. The van der Waals surface area contributed by atoms with Gasteiger partial charge in [-0.3, -0.25) is 0 Å². The molecule has 4 N–H and O–H groups in total. The Kier molecular flexibility index (Phi) is 10.1. The van der Waals surface area contributed by atoms with Crippen molar-refractivity contribution >= 4 is 0 Å². The van der Waals surface area contributed by atoms with Crippen LogP contribution in [0.25, 0.3) is 0 Å². The Morgan fingerprint density at radius 3 is 2.26 bits per heavy atom. The van der Waals surface area contributed by atoms with Crippen LogP contribution in [0.4, 0.5) is 0 Å². The van der Waals surface area contributed by atoms with E-state index in [-0.39, 0.29) is 18.4 Å². The van der Waals surface area contributed by atoms with Crippen LogP contribution in [0.15, 0.2) is 72.8 Å². The van der Waals surface area contributed by atoms with Crippen molar-refractivity contribution in [2.75, 3.05) is 26.7 Å². The van der Waals surface area contributed by atoms with Crippen LogP contribution >= 0.6 is 0 Å². The Hall–Kier alpha value is -2.70. The van der Waals surface area contributed by atoms with E-state index in [2.05, 4.69) is 78.8 Å². The Morgan fingerprint density at radius 2 is 1.53 bits per heavy atom. The minimum atomic E-state index is -0.703. The van der Waals surface area contributed by atoms with E-state index in [0.717, 1.165) is 32.4 Å². The summed E-state index contributed by atoms with van der Waals surface area (Å²) < 4.78 is 0. The standard InChI is InChI=1S/C29H38N2O3/c1-22(30-20-29(34)26-11-12-28(33)27(19-26)21-32)17-25-10-6-9-24(18-25)14-16-31(2)15-13-23-7-4-3-5-8-23/h3-12,18-19,22,29-30,32-34H,13-17,20-21H2,1-2H3/t22-,29?/m1/s1. The molecule has 5 nitrogen and oxygen atoms in total. The molecule has 5 heteroatoms. The van der Waals surface area contributed by atoms with Crippen molar-refractivity contribution in [3.05, 3.63) is 101 Å². The van der Waals surface area contributed by atoms with Crippen molar-refractivity contribution in [3.63, 3.8) is 0 Å². The number of aliphatic hydroxyl groups excluding tert-OH is 2. The summed E-state index contributed by atoms with van der Waals surface area (Å²) >= 11 is 0. The topological polar surface area (TPSA) is 76.0 Å². The van der Waals surface area contributed by atoms with Crippen LogP contribution < -0.4 is 5.32 Å². The van der Waals surface area contributed by atoms with Crippen molar-refractivity contribution in [3.8, 4) is 5.75 Å². The molecular formula is C29H38N2O3. The van der Waals surface area contributed by atoms with Gasteiger partial charge in [0.05, 0.1) is 12.7 Å². The summed E-state index contributed by atoms with van der Waals surface area (Å²) in [5.74, 6) is 0.0436. The monoisotopic (exact) mass is 462 g/mol. The predicted molar refractivity (Wildman–Crippen MR) is 138 cm³/mol. The van der Waals surface area contributed by atoms with Gasteiger partial charge in [-0.1, -0.05) is 60.7 Å². The third kappa shape index (κ3) is 8.26. The maximum absolute atomic E-state index is 10.5. The third-order valence-corrected chi connectivity index (χ3v) is 6.26. The van der Waals surface area contributed by atoms with E-state index in [1.165, 1.54) is 22.8 Å². The molecular weight excluding hydrogens is 424 g/mol. The molecule has 0 saturated heterocycles. The van der Waals surface area contributed by atoms with Gasteiger partial charge in [-0.2, -0.15) is 0 Å². The first kappa shape index (κ1) is 25.9. The van der Waals surface area contributed by atoms with Crippen LogP contribution in [0.3, 0.4) is 0 Å². The minimum absolute atomic E-state index is 0.0436. The van der Waals surface area contributed by atoms with E-state index in [9.17, 15) is 15.3 Å². The summed E-state index contributed by atoms with van der Waals surface area (Å²) in [6.45, 7) is 4.34. The van der Waals surface area contributed by atoms with Crippen LogP contribution in [0, 0.1) is 0 Å². The molecule has 0 bridgehead atoms. The van der Waals surface area contributed by atoms with Gasteiger partial charge in [-0.25, -0.2) is 0 Å². The number of hydrogen-bond donors (Lipinski definition) is 4. The number of benzene rings is 3. The molecule has 3 rings (SSSR count). The summed E-state index contributed by atoms with van der Waals surface area (Å²) in [6, 6.07) is 24.4. The highest BCUT2D eigenvalue weighted by molar-refractivity contribution is 5.36. The van der Waals surface area contributed by atoms with Gasteiger partial charge in [0, 0.05) is 31.2 Å². The lowest BCUT2D eigenvalue weighted by atomic mass is 10.0. The zero-order valence-corrected chi connectivity index (χ0v) is 20.3. The van der Waals surface area contributed by atoms with Gasteiger partial charge in [0.15, 0.2) is 0 Å². The van der Waals surface area contributed by atoms with Gasteiger partial charge in [0.1, 0.15) is 5.75 Å². The first-order chi connectivity index (χ1) is 16.4. The smallest absolute Gasteiger partial charge is 0.121 e. The molecule has 0 fully saturated rings. The number of hydrogen-bond acceptors (Lipinski definition) is 5. The summed E-state index contributed by atoms with van der Waals surface area (Å²) in [4.78, 5) is 2.39. The van der Waals surface area contributed by atoms with E-state index >= 15 is 0 Å². The Balaban J connectivity index is 1.43. The minimum Gasteiger partial charge on any atom is -0.508 e. The quantitative estimate of drug-likeness (QED) is 0.310. The molecule has 0 saturated carbocycles. The van der Waals surface area contributed by atoms with E-state index in [1.807, 2.05) is 0 Å². The third-order valence-electron chi connectivity index (χ3n) is 6.26. The zero-order valence-electron chi connectivity index (χ0n) is 20.3. The van der Waals surface area contributed by atoms with Crippen molar-refractivity contribution in [2.45, 2.75) is 44.9 Å². The molecule has 3 aromatic rings. The number of phenols is 1. The van der Waals surface area contributed by atoms with Crippen molar-refractivity contribution in [2.24, 2.45) is 0 Å². The van der Waals surface area contributed by atoms with Gasteiger partial charge in [0.2, 0.25) is 0 Å². The molecule has 0 radical (unpaired) electrons. The second-order valence-corrected chi connectivity index (χ2v) is 9.18. The molecule has 0 heterocycles. The molecule has 0 spiro atoms. The molecule has 0 aliphatic carbocycles. The van der Waals surface area contributed by atoms with Gasteiger partial charge >= 0.3 is 0 Å². The predicted octanol–water partition coefficient (Wildman–Crippen LogP) is 3.86. The first-order valence-corrected chi connectivity index (χ1v) is 12.1. The van der Waals surface area contributed by atoms with Crippen LogP contribution in [0.2, 0.25) is 0 Å². The van der Waals surface area contributed by atoms with Crippen LogP contribution in [-0.2, 0) is 25.9 Å². The van der Waals surface area contributed by atoms with Crippen LogP contribution in [0.1, 0.15) is 40.8 Å². The molecule has 0 aliphatic rings. The van der Waals surface area contributed by atoms with Gasteiger partial charge in [0.25, 0.3) is 0 Å². The molecule has 0 aliphatic heterocycles. The lowest BCUT2D eigenvalue weighted by molar-refractivity contribution is 0.170. The Morgan fingerprint density at radius 1 is 0.853 bits per heavy atom. The molecule has 182 valence electrons. The van der Waals surface area contributed by atoms with E-state index < -0.39 is 6.10 Å². The molecule has 34 heavy (non-hydrogen) atoms. The fraction of sp³-hybridized carbons (Fsp3) is 0.379. The fourth-order valence-corrected chi connectivity index (χ4v) is 4.10. The second kappa shape index (κ2) is 13.3. The van der Waals surface area contributed by atoms with Gasteiger partial charge in [-0.05, 0) is 67.6 Å². The molecule has 1 unspecified atom stereocenters. The van der Waals surface area contributed by atoms with Crippen molar-refractivity contribution in [1.29, 1.82) is 0 Å². The second-order valence-electron chi connectivity index (χ2n) is 9.18. The molecule has 0 aromatic heterocycles. The van der Waals surface area contributed by atoms with Gasteiger partial charge in [-0.15, -0.1) is 0 Å². The number of rotatable bonds is 13. The van der Waals surface area contributed by atoms with Crippen LogP contribution in [0.5, 0.6) is 5.75 Å². The maximum Gasteiger partial charge on any atom is 0.121 e. The van der Waals surface area contributed by atoms with Gasteiger partial charge < -0.3 is 25.5 Å². The number of aliphatic hydroxyl groups is 2. The highest BCUT2D eigenvalue weighted by Gasteiger charge is 2.12. The van der Waals surface area contributed by atoms with Crippen molar-refractivity contribution in [1.82, 2.24) is 10.2 Å². The number of nitrogens with zero attached hydrogens (tertiary/aromatic N) is 1. The molecule has 0 amide bonds. The first-order valence-electron chi connectivity index (χ1n) is 12.1. The van der Waals surface area contributed by atoms with E-state index in [4.69, 9.17) is 0 Å². The van der Waals surface area contributed by atoms with Crippen molar-refractivity contribution < 1.29 is 15.3 Å².